The molecule has 0 amide bonds. The smallest absolute Gasteiger partial charge is 0.186 e. The fourth-order valence-electron chi connectivity index (χ4n) is 0.505. The molecule has 0 bridgehead atoms. The van der Waals surface area contributed by atoms with Gasteiger partial charge in [0.15, 0.2) is 10.2 Å². The summed E-state index contributed by atoms with van der Waals surface area (Å²) in [4.78, 5) is 0. The molecule has 0 aromatic carbocycles. The molecule has 0 unspecified atom stereocenters. The fourth-order valence-corrected chi connectivity index (χ4v) is 0.603. The summed E-state index contributed by atoms with van der Waals surface area (Å²) in [6.07, 6.45) is 1.33. The van der Waals surface area contributed by atoms with Gasteiger partial charge in [-0.2, -0.15) is 10.2 Å². The van der Waals surface area contributed by atoms with Gasteiger partial charge in [0, 0.05) is 14.1 Å². The number of thiocarbonyl (C=S) groups is 2. The van der Waals surface area contributed by atoms with Crippen molar-refractivity contribution in [2.24, 2.45) is 10.2 Å². The van der Waals surface area contributed by atoms with Gasteiger partial charge in [-0.05, 0) is 24.4 Å². The van der Waals surface area contributed by atoms with Crippen molar-refractivity contribution in [3.63, 3.8) is 0 Å². The quantitative estimate of drug-likeness (QED) is 0.239. The second kappa shape index (κ2) is 8.95. The van der Waals surface area contributed by atoms with Crippen LogP contribution in [0.5, 0.6) is 0 Å². The van der Waals surface area contributed by atoms with Crippen LogP contribution < -0.4 is 21.5 Å². The number of hydrazone groups is 2. The highest BCUT2D eigenvalue weighted by atomic mass is 32.1. The first-order chi connectivity index (χ1) is 7.63. The van der Waals surface area contributed by atoms with E-state index in [9.17, 15) is 0 Å². The van der Waals surface area contributed by atoms with Crippen LogP contribution >= 0.6 is 24.4 Å². The zero-order valence-electron chi connectivity index (χ0n) is 8.94. The Hall–Kier alpha value is -1.32. The second-order valence-corrected chi connectivity index (χ2v) is 3.22. The van der Waals surface area contributed by atoms with Gasteiger partial charge >= 0.3 is 0 Å². The van der Waals surface area contributed by atoms with Gasteiger partial charge in [0.25, 0.3) is 0 Å². The lowest BCUT2D eigenvalue weighted by molar-refractivity contribution is 0.359. The molecular formula is C7H14N6OS2. The van der Waals surface area contributed by atoms with Crippen LogP contribution in [0.1, 0.15) is 0 Å². The van der Waals surface area contributed by atoms with E-state index in [-0.39, 0.29) is 6.61 Å². The minimum atomic E-state index is -0.267. The number of rotatable bonds is 4. The van der Waals surface area contributed by atoms with Crippen LogP contribution in [0.25, 0.3) is 0 Å². The van der Waals surface area contributed by atoms with Gasteiger partial charge in [0.05, 0.1) is 12.8 Å². The molecule has 0 aliphatic rings. The van der Waals surface area contributed by atoms with E-state index in [0.717, 1.165) is 0 Å². The highest BCUT2D eigenvalue weighted by molar-refractivity contribution is 7.80. The highest BCUT2D eigenvalue weighted by Crippen LogP contribution is 1.73. The number of nitrogens with zero attached hydrogens (tertiary/aromatic N) is 2. The Kier molecular flexibility index (Phi) is 8.21. The van der Waals surface area contributed by atoms with E-state index >= 15 is 0 Å². The average Bonchev–Trinajstić information content (AvgIpc) is 2.32. The monoisotopic (exact) mass is 262 g/mol. The maximum atomic E-state index is 8.93. The lowest BCUT2D eigenvalue weighted by Crippen LogP contribution is -2.31. The molecular weight excluding hydrogens is 248 g/mol. The zero-order chi connectivity index (χ0) is 12.4. The van der Waals surface area contributed by atoms with Crippen LogP contribution in [0.4, 0.5) is 0 Å². The van der Waals surface area contributed by atoms with E-state index in [1.807, 2.05) is 0 Å². The molecule has 0 aromatic rings. The molecule has 0 atom stereocenters. The van der Waals surface area contributed by atoms with E-state index in [4.69, 9.17) is 29.5 Å². The number of hydrogen-bond donors (Lipinski definition) is 5. The molecule has 0 rings (SSSR count). The van der Waals surface area contributed by atoms with Crippen LogP contribution in [0.15, 0.2) is 10.2 Å². The summed E-state index contributed by atoms with van der Waals surface area (Å²) in [6, 6.07) is 0. The van der Waals surface area contributed by atoms with Crippen molar-refractivity contribution in [1.29, 1.82) is 0 Å². The molecule has 0 fully saturated rings. The van der Waals surface area contributed by atoms with Crippen molar-refractivity contribution in [1.82, 2.24) is 21.5 Å². The van der Waals surface area contributed by atoms with Crippen molar-refractivity contribution in [3.05, 3.63) is 0 Å². The van der Waals surface area contributed by atoms with Crippen molar-refractivity contribution >= 4 is 46.6 Å². The van der Waals surface area contributed by atoms with Crippen molar-refractivity contribution in [2.45, 2.75) is 0 Å². The summed E-state index contributed by atoms with van der Waals surface area (Å²) in [5.41, 5.74) is 5.35. The molecule has 16 heavy (non-hydrogen) atoms. The maximum absolute atomic E-state index is 8.93. The zero-order valence-corrected chi connectivity index (χ0v) is 10.6. The third-order valence-electron chi connectivity index (χ3n) is 1.30. The van der Waals surface area contributed by atoms with Gasteiger partial charge in [-0.1, -0.05) is 0 Å². The third-order valence-corrected chi connectivity index (χ3v) is 1.89. The molecule has 5 N–H and O–H groups in total. The summed E-state index contributed by atoms with van der Waals surface area (Å²) < 4.78 is 0. The Bertz CT molecular complexity index is 303. The van der Waals surface area contributed by atoms with Gasteiger partial charge in [-0.15, -0.1) is 0 Å². The Morgan fingerprint density at radius 3 is 2.25 bits per heavy atom. The van der Waals surface area contributed by atoms with E-state index in [1.54, 1.807) is 14.1 Å². The summed E-state index contributed by atoms with van der Waals surface area (Å²) >= 11 is 9.58. The first-order valence-corrected chi connectivity index (χ1v) is 5.11. The lowest BCUT2D eigenvalue weighted by atomic mass is 10.4. The largest absolute Gasteiger partial charge is 0.390 e. The van der Waals surface area contributed by atoms with Crippen molar-refractivity contribution in [2.75, 3.05) is 20.7 Å². The standard InChI is InChI=1S/C7H14N6OS2/c1-8-6(15)12-10-3-5(4-14)11-13-7(16)9-2/h3,14H,4H2,1-2H3,(H2,8,12,15)(H2,9,13,16)/b10-3-,11-5+. The second-order valence-electron chi connectivity index (χ2n) is 2.40. The van der Waals surface area contributed by atoms with E-state index in [1.165, 1.54) is 6.21 Å². The van der Waals surface area contributed by atoms with Gasteiger partial charge in [-0.25, -0.2) is 0 Å². The molecule has 0 saturated carbocycles. The summed E-state index contributed by atoms with van der Waals surface area (Å²) in [5.74, 6) is 0. The Balaban J connectivity index is 4.18. The molecule has 0 saturated heterocycles. The number of hydrogen-bond acceptors (Lipinski definition) is 5. The Morgan fingerprint density at radius 2 is 1.75 bits per heavy atom. The van der Waals surface area contributed by atoms with Gasteiger partial charge in [0.2, 0.25) is 0 Å². The van der Waals surface area contributed by atoms with Gasteiger partial charge < -0.3 is 15.7 Å². The third kappa shape index (κ3) is 7.04. The first-order valence-electron chi connectivity index (χ1n) is 4.30. The summed E-state index contributed by atoms with van der Waals surface area (Å²) in [5, 5.41) is 22.5. The van der Waals surface area contributed by atoms with Crippen LogP contribution in [-0.2, 0) is 0 Å². The lowest BCUT2D eigenvalue weighted by Gasteiger charge is -2.02. The Labute approximate surface area is 104 Å². The maximum Gasteiger partial charge on any atom is 0.186 e. The molecule has 90 valence electrons. The molecule has 0 aromatic heterocycles. The van der Waals surface area contributed by atoms with Crippen molar-refractivity contribution < 1.29 is 5.11 Å². The summed E-state index contributed by atoms with van der Waals surface area (Å²) in [7, 11) is 3.32. The van der Waals surface area contributed by atoms with Crippen LogP contribution in [0.2, 0.25) is 0 Å². The number of aliphatic hydroxyl groups excluding tert-OH is 1. The normalized spacial score (nSPS) is 11.1. The van der Waals surface area contributed by atoms with Crippen LogP contribution in [0, 0.1) is 0 Å². The molecule has 0 aliphatic carbocycles. The number of nitrogens with one attached hydrogen (secondary N) is 4. The van der Waals surface area contributed by atoms with Gasteiger partial charge in [-0.3, -0.25) is 10.9 Å². The van der Waals surface area contributed by atoms with Gasteiger partial charge in [0.1, 0.15) is 5.71 Å². The van der Waals surface area contributed by atoms with Crippen molar-refractivity contribution in [3.8, 4) is 0 Å². The summed E-state index contributed by atoms with van der Waals surface area (Å²) in [6.45, 7) is -0.267. The van der Waals surface area contributed by atoms with E-state index in [0.29, 0.717) is 15.9 Å². The highest BCUT2D eigenvalue weighted by Gasteiger charge is 1.94. The van der Waals surface area contributed by atoms with Crippen LogP contribution in [0.3, 0.4) is 0 Å². The minimum absolute atomic E-state index is 0.267. The van der Waals surface area contributed by atoms with E-state index in [2.05, 4.69) is 31.7 Å². The topological polar surface area (TPSA) is 93.1 Å². The SMILES string of the molecule is CNC(=S)N/N=C\C(CO)=N/NC(=S)NC. The minimum Gasteiger partial charge on any atom is -0.390 e. The predicted molar refractivity (Wildman–Crippen MR) is 72.6 cm³/mol. The van der Waals surface area contributed by atoms with Crippen LogP contribution in [-0.4, -0.2) is 48.0 Å². The molecule has 9 heteroatoms. The molecule has 0 aliphatic heterocycles. The Morgan fingerprint density at radius 1 is 1.19 bits per heavy atom. The fraction of sp³-hybridized carbons (Fsp3) is 0.429. The average molecular weight is 262 g/mol. The first kappa shape index (κ1) is 14.7. The molecule has 0 heterocycles. The predicted octanol–water partition coefficient (Wildman–Crippen LogP) is -1.49. The molecule has 0 radical (unpaired) electrons. The van der Waals surface area contributed by atoms with E-state index < -0.39 is 0 Å². The molecule has 7 nitrogen and oxygen atoms in total. The number of aliphatic hydroxyl groups is 1. The molecule has 0 spiro atoms.